The summed E-state index contributed by atoms with van der Waals surface area (Å²) in [6.45, 7) is 2.17. The first kappa shape index (κ1) is 17.2. The Morgan fingerprint density at radius 1 is 1.26 bits per heavy atom. The lowest BCUT2D eigenvalue weighted by Gasteiger charge is -2.12. The fraction of sp³-hybridized carbons (Fsp3) is 0.150. The van der Waals surface area contributed by atoms with Gasteiger partial charge in [-0.05, 0) is 19.1 Å². The maximum atomic E-state index is 13.3. The molecule has 0 atom stereocenters. The van der Waals surface area contributed by atoms with Gasteiger partial charge in [0.1, 0.15) is 16.4 Å². The van der Waals surface area contributed by atoms with Crippen LogP contribution in [0, 0.1) is 6.92 Å². The van der Waals surface area contributed by atoms with E-state index in [9.17, 15) is 9.59 Å². The SMILES string of the molecule is Cc1ccc(-c2nc3scc(-c4ccco4)c3c(=O)n2CCC(N)=O)cc1. The minimum atomic E-state index is -0.464. The zero-order chi connectivity index (χ0) is 19.0. The molecule has 0 saturated heterocycles. The van der Waals surface area contributed by atoms with Gasteiger partial charge < -0.3 is 10.2 Å². The molecule has 4 aromatic rings. The summed E-state index contributed by atoms with van der Waals surface area (Å²) in [4.78, 5) is 30.0. The van der Waals surface area contributed by atoms with Crippen molar-refractivity contribution in [2.75, 3.05) is 0 Å². The Hall–Kier alpha value is -3.19. The monoisotopic (exact) mass is 379 g/mol. The normalized spacial score (nSPS) is 11.1. The molecule has 1 aromatic carbocycles. The average molecular weight is 379 g/mol. The van der Waals surface area contributed by atoms with E-state index in [1.807, 2.05) is 42.6 Å². The van der Waals surface area contributed by atoms with E-state index in [2.05, 4.69) is 0 Å². The summed E-state index contributed by atoms with van der Waals surface area (Å²) in [6.07, 6.45) is 1.63. The topological polar surface area (TPSA) is 91.1 Å². The molecule has 0 spiro atoms. The van der Waals surface area contributed by atoms with Crippen LogP contribution in [0.5, 0.6) is 0 Å². The van der Waals surface area contributed by atoms with Gasteiger partial charge in [-0.2, -0.15) is 0 Å². The third kappa shape index (κ3) is 3.17. The summed E-state index contributed by atoms with van der Waals surface area (Å²) < 4.78 is 6.99. The molecule has 0 saturated carbocycles. The molecule has 0 unspecified atom stereocenters. The Bertz CT molecular complexity index is 1170. The van der Waals surface area contributed by atoms with E-state index in [1.54, 1.807) is 12.3 Å². The first-order valence-corrected chi connectivity index (χ1v) is 9.34. The highest BCUT2D eigenvalue weighted by molar-refractivity contribution is 7.17. The van der Waals surface area contributed by atoms with Crippen molar-refractivity contribution in [2.24, 2.45) is 5.73 Å². The van der Waals surface area contributed by atoms with Gasteiger partial charge in [0.25, 0.3) is 5.56 Å². The van der Waals surface area contributed by atoms with E-state index < -0.39 is 5.91 Å². The molecule has 0 aliphatic carbocycles. The lowest BCUT2D eigenvalue weighted by Crippen LogP contribution is -2.26. The van der Waals surface area contributed by atoms with Crippen molar-refractivity contribution in [3.05, 3.63) is 64.0 Å². The van der Waals surface area contributed by atoms with Gasteiger partial charge in [-0.25, -0.2) is 4.98 Å². The predicted molar refractivity (Wildman–Crippen MR) is 106 cm³/mol. The Balaban J connectivity index is 1.97. The lowest BCUT2D eigenvalue weighted by molar-refractivity contribution is -0.118. The maximum absolute atomic E-state index is 13.3. The summed E-state index contributed by atoms with van der Waals surface area (Å²) in [5.41, 5.74) is 7.75. The van der Waals surface area contributed by atoms with Crippen LogP contribution in [0.3, 0.4) is 0 Å². The molecule has 1 amide bonds. The number of aryl methyl sites for hydroxylation is 1. The number of carbonyl (C=O) groups is 1. The summed E-state index contributed by atoms with van der Waals surface area (Å²) in [7, 11) is 0. The molecule has 7 heteroatoms. The van der Waals surface area contributed by atoms with Gasteiger partial charge in [-0.1, -0.05) is 29.8 Å². The van der Waals surface area contributed by atoms with Gasteiger partial charge in [0, 0.05) is 29.5 Å². The highest BCUT2D eigenvalue weighted by Crippen LogP contribution is 2.32. The molecule has 0 radical (unpaired) electrons. The van der Waals surface area contributed by atoms with E-state index >= 15 is 0 Å². The number of benzene rings is 1. The van der Waals surface area contributed by atoms with Crippen molar-refractivity contribution in [1.29, 1.82) is 0 Å². The molecular formula is C20H17N3O3S. The van der Waals surface area contributed by atoms with Gasteiger partial charge in [0.15, 0.2) is 0 Å². The molecule has 0 fully saturated rings. The van der Waals surface area contributed by atoms with Crippen LogP contribution in [0.15, 0.2) is 57.3 Å². The highest BCUT2D eigenvalue weighted by atomic mass is 32.1. The van der Waals surface area contributed by atoms with Gasteiger partial charge >= 0.3 is 0 Å². The number of aromatic nitrogens is 2. The number of primary amides is 1. The minimum absolute atomic E-state index is 0.0617. The second kappa shape index (κ2) is 6.85. The average Bonchev–Trinajstić information content (AvgIpc) is 3.30. The molecule has 0 aliphatic heterocycles. The van der Waals surface area contributed by atoms with E-state index in [1.165, 1.54) is 15.9 Å². The van der Waals surface area contributed by atoms with Gasteiger partial charge in [0.05, 0.1) is 11.6 Å². The van der Waals surface area contributed by atoms with Crippen LogP contribution in [0.4, 0.5) is 0 Å². The van der Waals surface area contributed by atoms with Crippen molar-refractivity contribution in [2.45, 2.75) is 19.9 Å². The number of thiophene rings is 1. The number of hydrogen-bond acceptors (Lipinski definition) is 5. The summed E-state index contributed by atoms with van der Waals surface area (Å²) in [5, 5.41) is 2.37. The first-order valence-electron chi connectivity index (χ1n) is 8.46. The molecule has 4 rings (SSSR count). The van der Waals surface area contributed by atoms with Crippen LogP contribution in [0.2, 0.25) is 0 Å². The molecule has 27 heavy (non-hydrogen) atoms. The van der Waals surface area contributed by atoms with Crippen LogP contribution in [0.1, 0.15) is 12.0 Å². The van der Waals surface area contributed by atoms with Crippen molar-refractivity contribution in [1.82, 2.24) is 9.55 Å². The standard InChI is InChI=1S/C20H17N3O3S/c1-12-4-6-13(7-5-12)18-22-19-17(20(25)23(18)9-8-16(21)24)14(11-27-19)15-3-2-10-26-15/h2-7,10-11H,8-9H2,1H3,(H2,21,24). The van der Waals surface area contributed by atoms with Crippen LogP contribution < -0.4 is 11.3 Å². The van der Waals surface area contributed by atoms with Gasteiger partial charge in [0.2, 0.25) is 5.91 Å². The number of carbonyl (C=O) groups excluding carboxylic acids is 1. The zero-order valence-electron chi connectivity index (χ0n) is 14.6. The fourth-order valence-corrected chi connectivity index (χ4v) is 3.91. The smallest absolute Gasteiger partial charge is 0.263 e. The molecule has 0 bridgehead atoms. The van der Waals surface area contributed by atoms with E-state index in [0.29, 0.717) is 27.4 Å². The van der Waals surface area contributed by atoms with Crippen LogP contribution in [0.25, 0.3) is 32.9 Å². The number of hydrogen-bond donors (Lipinski definition) is 1. The van der Waals surface area contributed by atoms with Gasteiger partial charge in [-0.15, -0.1) is 11.3 Å². The van der Waals surface area contributed by atoms with E-state index in [0.717, 1.165) is 11.1 Å². The second-order valence-corrected chi connectivity index (χ2v) is 7.14. The minimum Gasteiger partial charge on any atom is -0.464 e. The number of rotatable bonds is 5. The molecule has 6 nitrogen and oxygen atoms in total. The van der Waals surface area contributed by atoms with Crippen molar-refractivity contribution in [3.8, 4) is 22.7 Å². The molecule has 136 valence electrons. The van der Waals surface area contributed by atoms with E-state index in [-0.39, 0.29) is 18.5 Å². The number of nitrogens with two attached hydrogens (primary N) is 1. The molecule has 3 aromatic heterocycles. The second-order valence-electron chi connectivity index (χ2n) is 6.28. The lowest BCUT2D eigenvalue weighted by atomic mass is 10.1. The Morgan fingerprint density at radius 2 is 2.04 bits per heavy atom. The molecular weight excluding hydrogens is 362 g/mol. The third-order valence-corrected chi connectivity index (χ3v) is 5.24. The Labute approximate surface area is 158 Å². The summed E-state index contributed by atoms with van der Waals surface area (Å²) >= 11 is 1.40. The molecule has 0 aliphatic rings. The molecule has 3 heterocycles. The van der Waals surface area contributed by atoms with Crippen LogP contribution in [-0.2, 0) is 11.3 Å². The summed E-state index contributed by atoms with van der Waals surface area (Å²) in [5.74, 6) is 0.680. The predicted octanol–water partition coefficient (Wildman–Crippen LogP) is 3.57. The van der Waals surface area contributed by atoms with Crippen molar-refractivity contribution >= 4 is 27.5 Å². The highest BCUT2D eigenvalue weighted by Gasteiger charge is 2.19. The third-order valence-electron chi connectivity index (χ3n) is 4.37. The van der Waals surface area contributed by atoms with Gasteiger partial charge in [-0.3, -0.25) is 14.2 Å². The number of fused-ring (bicyclic) bond motifs is 1. The maximum Gasteiger partial charge on any atom is 0.263 e. The number of nitrogens with zero attached hydrogens (tertiary/aromatic N) is 2. The van der Waals surface area contributed by atoms with Crippen LogP contribution >= 0.6 is 11.3 Å². The molecule has 2 N–H and O–H groups in total. The van der Waals surface area contributed by atoms with Crippen molar-refractivity contribution < 1.29 is 9.21 Å². The van der Waals surface area contributed by atoms with E-state index in [4.69, 9.17) is 15.1 Å². The summed E-state index contributed by atoms with van der Waals surface area (Å²) in [6, 6.07) is 11.4. The van der Waals surface area contributed by atoms with Crippen molar-refractivity contribution in [3.63, 3.8) is 0 Å². The fourth-order valence-electron chi connectivity index (χ4n) is 2.99. The Kier molecular flexibility index (Phi) is 4.37. The zero-order valence-corrected chi connectivity index (χ0v) is 15.5. The quantitative estimate of drug-likeness (QED) is 0.574. The number of furan rings is 1. The largest absolute Gasteiger partial charge is 0.464 e. The first-order chi connectivity index (χ1) is 13.0. The Morgan fingerprint density at radius 3 is 2.70 bits per heavy atom. The van der Waals surface area contributed by atoms with Crippen LogP contribution in [-0.4, -0.2) is 15.5 Å². The number of amides is 1.